The maximum atomic E-state index is 9.28. The molecule has 0 unspecified atom stereocenters. The van der Waals surface area contributed by atoms with Gasteiger partial charge in [-0.1, -0.05) is 18.7 Å². The molecule has 2 aromatic rings. The van der Waals surface area contributed by atoms with Crippen LogP contribution in [-0.2, 0) is 6.42 Å². The van der Waals surface area contributed by atoms with Crippen molar-refractivity contribution in [3.05, 3.63) is 53.9 Å². The highest BCUT2D eigenvalue weighted by Crippen LogP contribution is 2.35. The molecule has 0 atom stereocenters. The number of hydrogen-bond acceptors (Lipinski definition) is 2. The van der Waals surface area contributed by atoms with Crippen molar-refractivity contribution in [1.29, 1.82) is 0 Å². The van der Waals surface area contributed by atoms with Crippen LogP contribution in [-0.4, -0.2) is 14.9 Å². The molecule has 1 N–H and O–H groups in total. The number of phenols is 1. The van der Waals surface area contributed by atoms with Crippen molar-refractivity contribution < 1.29 is 5.11 Å². The summed E-state index contributed by atoms with van der Waals surface area (Å²) < 4.78 is 2.06. The fraction of sp³-hybridized carbons (Fsp3) is 0.267. The zero-order chi connectivity index (χ0) is 12.5. The Balaban J connectivity index is 1.86. The summed E-state index contributed by atoms with van der Waals surface area (Å²) in [4.78, 5) is 0. The molecule has 1 aliphatic rings. The van der Waals surface area contributed by atoms with Gasteiger partial charge >= 0.3 is 0 Å². The number of rotatable bonds is 4. The Morgan fingerprint density at radius 3 is 2.67 bits per heavy atom. The third-order valence-electron chi connectivity index (χ3n) is 3.29. The number of aromatic nitrogens is 2. The van der Waals surface area contributed by atoms with Gasteiger partial charge in [0.1, 0.15) is 5.75 Å². The van der Waals surface area contributed by atoms with E-state index in [1.165, 1.54) is 24.0 Å². The first kappa shape index (κ1) is 11.1. The molecule has 0 aliphatic heterocycles. The van der Waals surface area contributed by atoms with E-state index in [1.807, 2.05) is 18.2 Å². The molecule has 0 bridgehead atoms. The van der Waals surface area contributed by atoms with Gasteiger partial charge in [-0.05, 0) is 36.6 Å². The van der Waals surface area contributed by atoms with Crippen LogP contribution < -0.4 is 0 Å². The topological polar surface area (TPSA) is 38.0 Å². The van der Waals surface area contributed by atoms with Crippen molar-refractivity contribution in [1.82, 2.24) is 9.78 Å². The van der Waals surface area contributed by atoms with Crippen molar-refractivity contribution in [2.75, 3.05) is 0 Å². The summed E-state index contributed by atoms with van der Waals surface area (Å²) >= 11 is 0. The van der Waals surface area contributed by atoms with E-state index in [0.29, 0.717) is 11.8 Å². The Hall–Kier alpha value is -2.03. The molecule has 1 heterocycles. The Morgan fingerprint density at radius 2 is 2.06 bits per heavy atom. The minimum Gasteiger partial charge on any atom is -0.508 e. The number of benzene rings is 1. The molecule has 1 fully saturated rings. The molecule has 3 nitrogen and oxygen atoms in total. The van der Waals surface area contributed by atoms with Crippen LogP contribution >= 0.6 is 0 Å². The van der Waals surface area contributed by atoms with Gasteiger partial charge < -0.3 is 5.11 Å². The Morgan fingerprint density at radius 1 is 1.33 bits per heavy atom. The fourth-order valence-corrected chi connectivity index (χ4v) is 2.11. The molecule has 0 spiro atoms. The summed E-state index contributed by atoms with van der Waals surface area (Å²) in [6.45, 7) is 3.82. The number of phenolic OH excluding ortho intramolecular Hbond substituents is 1. The zero-order valence-electron chi connectivity index (χ0n) is 10.2. The molecule has 1 aliphatic carbocycles. The van der Waals surface area contributed by atoms with Gasteiger partial charge in [-0.15, -0.1) is 0 Å². The number of nitrogens with zero attached hydrogens (tertiary/aromatic N) is 2. The third-order valence-corrected chi connectivity index (χ3v) is 3.29. The second-order valence-corrected chi connectivity index (χ2v) is 4.80. The molecule has 18 heavy (non-hydrogen) atoms. The second kappa shape index (κ2) is 4.33. The zero-order valence-corrected chi connectivity index (χ0v) is 10.2. The van der Waals surface area contributed by atoms with Gasteiger partial charge in [-0.25, -0.2) is 0 Å². The molecule has 0 amide bonds. The lowest BCUT2D eigenvalue weighted by Crippen LogP contribution is -1.93. The van der Waals surface area contributed by atoms with Crippen molar-refractivity contribution in [3.63, 3.8) is 0 Å². The molecule has 1 aromatic heterocycles. The van der Waals surface area contributed by atoms with E-state index in [1.54, 1.807) is 12.1 Å². The van der Waals surface area contributed by atoms with E-state index in [0.717, 1.165) is 12.1 Å². The Bertz CT molecular complexity index is 565. The summed E-state index contributed by atoms with van der Waals surface area (Å²) in [6, 6.07) is 7.91. The molecule has 92 valence electrons. The van der Waals surface area contributed by atoms with Gasteiger partial charge in [0, 0.05) is 18.2 Å². The normalized spacial score (nSPS) is 14.7. The summed E-state index contributed by atoms with van der Waals surface area (Å²) in [6.07, 6.45) is 7.23. The highest BCUT2D eigenvalue weighted by atomic mass is 16.3. The number of aromatic hydroxyl groups is 1. The minimum absolute atomic E-state index is 0.302. The summed E-state index contributed by atoms with van der Waals surface area (Å²) in [5, 5.41) is 13.8. The standard InChI is InChI=1S/C15H16N2O/c1-2-15-12(10-17(16-15)13-5-6-13)9-11-3-7-14(18)8-4-11/h2-4,7-8,10,13,18H,1,5-6,9H2. The highest BCUT2D eigenvalue weighted by molar-refractivity contribution is 5.48. The minimum atomic E-state index is 0.302. The van der Waals surface area contributed by atoms with Crippen molar-refractivity contribution >= 4 is 6.08 Å². The van der Waals surface area contributed by atoms with E-state index in [2.05, 4.69) is 22.6 Å². The maximum absolute atomic E-state index is 9.28. The van der Waals surface area contributed by atoms with Gasteiger partial charge in [0.05, 0.1) is 11.7 Å². The average molecular weight is 240 g/mol. The van der Waals surface area contributed by atoms with Crippen LogP contribution in [0, 0.1) is 0 Å². The fourth-order valence-electron chi connectivity index (χ4n) is 2.11. The van der Waals surface area contributed by atoms with E-state index < -0.39 is 0 Å². The molecule has 3 heteroatoms. The van der Waals surface area contributed by atoms with Gasteiger partial charge in [0.25, 0.3) is 0 Å². The van der Waals surface area contributed by atoms with Crippen molar-refractivity contribution in [3.8, 4) is 5.75 Å². The molecule has 1 saturated carbocycles. The Kier molecular flexibility index (Phi) is 2.67. The van der Waals surface area contributed by atoms with Gasteiger partial charge in [-0.3, -0.25) is 4.68 Å². The van der Waals surface area contributed by atoms with Crippen LogP contribution in [0.25, 0.3) is 6.08 Å². The van der Waals surface area contributed by atoms with E-state index in [9.17, 15) is 5.11 Å². The van der Waals surface area contributed by atoms with E-state index in [-0.39, 0.29) is 0 Å². The number of hydrogen-bond donors (Lipinski definition) is 1. The van der Waals surface area contributed by atoms with Crippen molar-refractivity contribution in [2.45, 2.75) is 25.3 Å². The summed E-state index contributed by atoms with van der Waals surface area (Å²) in [5.74, 6) is 0.302. The predicted molar refractivity (Wildman–Crippen MR) is 71.5 cm³/mol. The van der Waals surface area contributed by atoms with Gasteiger partial charge in [0.15, 0.2) is 0 Å². The van der Waals surface area contributed by atoms with Crippen LogP contribution in [0.5, 0.6) is 5.75 Å². The quantitative estimate of drug-likeness (QED) is 0.891. The van der Waals surface area contributed by atoms with Crippen LogP contribution in [0.2, 0.25) is 0 Å². The molecular formula is C15H16N2O. The first-order chi connectivity index (χ1) is 8.76. The lowest BCUT2D eigenvalue weighted by atomic mass is 10.1. The maximum Gasteiger partial charge on any atom is 0.115 e. The molecule has 0 saturated heterocycles. The van der Waals surface area contributed by atoms with E-state index in [4.69, 9.17) is 0 Å². The monoisotopic (exact) mass is 240 g/mol. The van der Waals surface area contributed by atoms with Gasteiger partial charge in [0.2, 0.25) is 0 Å². The van der Waals surface area contributed by atoms with Crippen LogP contribution in [0.4, 0.5) is 0 Å². The van der Waals surface area contributed by atoms with Gasteiger partial charge in [-0.2, -0.15) is 5.10 Å². The summed E-state index contributed by atoms with van der Waals surface area (Å²) in [7, 11) is 0. The molecule has 3 rings (SSSR count). The van der Waals surface area contributed by atoms with Crippen molar-refractivity contribution in [2.24, 2.45) is 0 Å². The average Bonchev–Trinajstić information content (AvgIpc) is 3.15. The first-order valence-electron chi connectivity index (χ1n) is 6.24. The largest absolute Gasteiger partial charge is 0.508 e. The first-order valence-corrected chi connectivity index (χ1v) is 6.24. The lowest BCUT2D eigenvalue weighted by Gasteiger charge is -2.00. The smallest absolute Gasteiger partial charge is 0.115 e. The molecule has 1 aromatic carbocycles. The van der Waals surface area contributed by atoms with E-state index >= 15 is 0 Å². The molecular weight excluding hydrogens is 224 g/mol. The SMILES string of the molecule is C=Cc1nn(C2CC2)cc1Cc1ccc(O)cc1. The van der Waals surface area contributed by atoms with Crippen LogP contribution in [0.1, 0.15) is 35.7 Å². The Labute approximate surface area is 106 Å². The lowest BCUT2D eigenvalue weighted by molar-refractivity contribution is 0.475. The highest BCUT2D eigenvalue weighted by Gasteiger charge is 2.25. The van der Waals surface area contributed by atoms with Crippen LogP contribution in [0.15, 0.2) is 37.0 Å². The molecule has 0 radical (unpaired) electrons. The summed E-state index contributed by atoms with van der Waals surface area (Å²) in [5.41, 5.74) is 3.34. The predicted octanol–water partition coefficient (Wildman–Crippen LogP) is 3.16. The second-order valence-electron chi connectivity index (χ2n) is 4.80. The third kappa shape index (κ3) is 2.16. The van der Waals surface area contributed by atoms with Crippen LogP contribution in [0.3, 0.4) is 0 Å².